The second kappa shape index (κ2) is 7.36. The van der Waals surface area contributed by atoms with Crippen molar-refractivity contribution >= 4 is 17.8 Å². The molecule has 2 rings (SSSR count). The molecule has 116 valence electrons. The molecule has 2 aliphatic rings. The van der Waals surface area contributed by atoms with E-state index in [9.17, 15) is 14.4 Å². The Kier molecular flexibility index (Phi) is 5.50. The number of ether oxygens (including phenoxy) is 2. The first-order valence-electron chi connectivity index (χ1n) is 7.43. The Hall–Kier alpha value is -1.69. The number of hydrogen-bond acceptors (Lipinski definition) is 5. The van der Waals surface area contributed by atoms with Gasteiger partial charge in [-0.05, 0) is 19.8 Å². The summed E-state index contributed by atoms with van der Waals surface area (Å²) < 4.78 is 10.9. The third kappa shape index (κ3) is 4.39. The number of amides is 2. The van der Waals surface area contributed by atoms with Crippen LogP contribution in [0.4, 0.5) is 0 Å². The highest BCUT2D eigenvalue weighted by Crippen LogP contribution is 2.27. The van der Waals surface area contributed by atoms with Crippen LogP contribution in [-0.2, 0) is 23.9 Å². The number of nitrogens with one attached hydrogen (secondary N) is 1. The number of rotatable bonds is 6. The van der Waals surface area contributed by atoms with Gasteiger partial charge in [0.15, 0.2) is 0 Å². The Balaban J connectivity index is 1.79. The van der Waals surface area contributed by atoms with E-state index in [1.807, 2.05) is 6.92 Å². The minimum Gasteiger partial charge on any atom is -0.465 e. The summed E-state index contributed by atoms with van der Waals surface area (Å²) in [6, 6.07) is 0. The smallest absolute Gasteiger partial charge is 0.310 e. The van der Waals surface area contributed by atoms with Gasteiger partial charge in [-0.15, -0.1) is 0 Å². The number of carbonyl (C=O) groups excluding carboxylic acids is 3. The van der Waals surface area contributed by atoms with Crippen LogP contribution in [0.15, 0.2) is 11.6 Å². The molecule has 0 spiro atoms. The van der Waals surface area contributed by atoms with Crippen molar-refractivity contribution in [3.05, 3.63) is 11.6 Å². The molecule has 0 saturated heterocycles. The molecule has 1 unspecified atom stereocenters. The third-order valence-electron chi connectivity index (χ3n) is 3.85. The van der Waals surface area contributed by atoms with Crippen LogP contribution in [0, 0.1) is 5.92 Å². The maximum Gasteiger partial charge on any atom is 0.310 e. The minimum absolute atomic E-state index is 0.145. The SMILES string of the molecule is CCOC1CCCC[C@H]1COC(=O)CC1=CC(=O)NC1=O. The van der Waals surface area contributed by atoms with Gasteiger partial charge in [-0.1, -0.05) is 12.8 Å². The summed E-state index contributed by atoms with van der Waals surface area (Å²) in [5.41, 5.74) is 0.162. The molecule has 1 aliphatic heterocycles. The summed E-state index contributed by atoms with van der Waals surface area (Å²) in [5.74, 6) is -1.25. The van der Waals surface area contributed by atoms with Crippen LogP contribution in [0.5, 0.6) is 0 Å². The van der Waals surface area contributed by atoms with Crippen molar-refractivity contribution < 1.29 is 23.9 Å². The molecule has 2 atom stereocenters. The molecule has 0 bridgehead atoms. The maximum atomic E-state index is 11.8. The van der Waals surface area contributed by atoms with Crippen LogP contribution in [0.25, 0.3) is 0 Å². The van der Waals surface area contributed by atoms with Crippen molar-refractivity contribution in [3.8, 4) is 0 Å². The normalized spacial score (nSPS) is 25.5. The summed E-state index contributed by atoms with van der Waals surface area (Å²) in [6.07, 6.45) is 5.37. The van der Waals surface area contributed by atoms with E-state index in [4.69, 9.17) is 9.47 Å². The van der Waals surface area contributed by atoms with Gasteiger partial charge in [0.2, 0.25) is 0 Å². The van der Waals surface area contributed by atoms with Crippen LogP contribution in [-0.4, -0.2) is 37.1 Å². The molecule has 6 heteroatoms. The Morgan fingerprint density at radius 2 is 2.10 bits per heavy atom. The van der Waals surface area contributed by atoms with E-state index >= 15 is 0 Å². The first-order chi connectivity index (χ1) is 10.1. The van der Waals surface area contributed by atoms with E-state index in [2.05, 4.69) is 5.32 Å². The first kappa shape index (κ1) is 15.7. The molecule has 0 aromatic carbocycles. The molecule has 0 aromatic heterocycles. The van der Waals surface area contributed by atoms with Crippen molar-refractivity contribution in [3.63, 3.8) is 0 Å². The quantitative estimate of drug-likeness (QED) is 0.586. The van der Waals surface area contributed by atoms with Crippen molar-refractivity contribution in [2.24, 2.45) is 5.92 Å². The highest BCUT2D eigenvalue weighted by Gasteiger charge is 2.28. The highest BCUT2D eigenvalue weighted by atomic mass is 16.5. The van der Waals surface area contributed by atoms with Crippen LogP contribution in [0.2, 0.25) is 0 Å². The van der Waals surface area contributed by atoms with Crippen molar-refractivity contribution in [2.45, 2.75) is 45.1 Å². The van der Waals surface area contributed by atoms with E-state index in [0.717, 1.165) is 31.8 Å². The van der Waals surface area contributed by atoms with E-state index in [1.54, 1.807) is 0 Å². The monoisotopic (exact) mass is 295 g/mol. The molecule has 1 heterocycles. The topological polar surface area (TPSA) is 81.7 Å². The number of imide groups is 1. The van der Waals surface area contributed by atoms with Gasteiger partial charge in [0.05, 0.1) is 19.1 Å². The molecule has 1 N–H and O–H groups in total. The zero-order chi connectivity index (χ0) is 15.2. The summed E-state index contributed by atoms with van der Waals surface area (Å²) >= 11 is 0. The number of hydrogen-bond donors (Lipinski definition) is 1. The molecule has 21 heavy (non-hydrogen) atoms. The van der Waals surface area contributed by atoms with Crippen molar-refractivity contribution in [1.29, 1.82) is 0 Å². The Bertz CT molecular complexity index is 455. The second-order valence-corrected chi connectivity index (χ2v) is 5.39. The van der Waals surface area contributed by atoms with Gasteiger partial charge in [0.25, 0.3) is 11.8 Å². The Morgan fingerprint density at radius 1 is 1.33 bits per heavy atom. The van der Waals surface area contributed by atoms with Crippen LogP contribution >= 0.6 is 0 Å². The maximum absolute atomic E-state index is 11.8. The summed E-state index contributed by atoms with van der Waals surface area (Å²) in [7, 11) is 0. The molecule has 0 radical (unpaired) electrons. The number of carbonyl (C=O) groups is 3. The van der Waals surface area contributed by atoms with E-state index in [0.29, 0.717) is 13.2 Å². The van der Waals surface area contributed by atoms with Gasteiger partial charge in [0.1, 0.15) is 0 Å². The molecule has 1 fully saturated rings. The molecular formula is C15H21NO5. The van der Waals surface area contributed by atoms with Gasteiger partial charge in [-0.25, -0.2) is 0 Å². The van der Waals surface area contributed by atoms with Crippen LogP contribution < -0.4 is 5.32 Å². The van der Waals surface area contributed by atoms with Gasteiger partial charge >= 0.3 is 5.97 Å². The minimum atomic E-state index is -0.512. The van der Waals surface area contributed by atoms with Crippen LogP contribution in [0.1, 0.15) is 39.0 Å². The van der Waals surface area contributed by atoms with Crippen molar-refractivity contribution in [2.75, 3.05) is 13.2 Å². The van der Waals surface area contributed by atoms with E-state index in [1.165, 1.54) is 0 Å². The molecule has 6 nitrogen and oxygen atoms in total. The lowest BCUT2D eigenvalue weighted by Gasteiger charge is -2.30. The van der Waals surface area contributed by atoms with E-state index < -0.39 is 17.8 Å². The van der Waals surface area contributed by atoms with Gasteiger partial charge < -0.3 is 9.47 Å². The predicted octanol–water partition coefficient (Wildman–Crippen LogP) is 1.10. The lowest BCUT2D eigenvalue weighted by atomic mass is 9.87. The largest absolute Gasteiger partial charge is 0.465 e. The molecule has 1 saturated carbocycles. The third-order valence-corrected chi connectivity index (χ3v) is 3.85. The number of esters is 1. The van der Waals surface area contributed by atoms with Crippen molar-refractivity contribution in [1.82, 2.24) is 5.32 Å². The summed E-state index contributed by atoms with van der Waals surface area (Å²) in [5, 5.41) is 2.10. The van der Waals surface area contributed by atoms with Gasteiger partial charge in [-0.3, -0.25) is 19.7 Å². The summed E-state index contributed by atoms with van der Waals surface area (Å²) in [4.78, 5) is 34.1. The molecule has 2 amide bonds. The fraction of sp³-hybridized carbons (Fsp3) is 0.667. The van der Waals surface area contributed by atoms with E-state index in [-0.39, 0.29) is 24.0 Å². The molecular weight excluding hydrogens is 274 g/mol. The van der Waals surface area contributed by atoms with Crippen LogP contribution in [0.3, 0.4) is 0 Å². The Morgan fingerprint density at radius 3 is 2.76 bits per heavy atom. The zero-order valence-electron chi connectivity index (χ0n) is 12.2. The average molecular weight is 295 g/mol. The molecule has 0 aromatic rings. The van der Waals surface area contributed by atoms with Gasteiger partial charge in [0, 0.05) is 24.2 Å². The van der Waals surface area contributed by atoms with Gasteiger partial charge in [-0.2, -0.15) is 0 Å². The Labute approximate surface area is 123 Å². The standard InChI is InChI=1S/C15H21NO5/c1-2-20-12-6-4-3-5-10(12)9-21-14(18)8-11-7-13(17)16-15(11)19/h7,10,12H,2-6,8-9H2,1H3,(H,16,17,19)/t10-,12?/m0/s1. The second-order valence-electron chi connectivity index (χ2n) is 5.39. The molecule has 1 aliphatic carbocycles. The zero-order valence-corrected chi connectivity index (χ0v) is 12.2. The fourth-order valence-corrected chi connectivity index (χ4v) is 2.79. The fourth-order valence-electron chi connectivity index (χ4n) is 2.79. The lowest BCUT2D eigenvalue weighted by Crippen LogP contribution is -2.32. The average Bonchev–Trinajstić information content (AvgIpc) is 2.76. The summed E-state index contributed by atoms with van der Waals surface area (Å²) in [6.45, 7) is 2.93. The lowest BCUT2D eigenvalue weighted by molar-refractivity contribution is -0.147. The predicted molar refractivity (Wildman–Crippen MR) is 74.2 cm³/mol. The highest BCUT2D eigenvalue weighted by molar-refractivity contribution is 6.17. The first-order valence-corrected chi connectivity index (χ1v) is 7.43.